The van der Waals surface area contributed by atoms with Crippen LogP contribution in [0.5, 0.6) is 0 Å². The highest BCUT2D eigenvalue weighted by molar-refractivity contribution is 5.08. The van der Waals surface area contributed by atoms with Crippen LogP contribution in [0.25, 0.3) is 0 Å². The SMILES string of the molecule is CCCn1nc(C)cc1CN(C)CC(C)N. The molecule has 0 radical (unpaired) electrons. The molecular weight excluding hydrogens is 200 g/mol. The molecule has 0 aliphatic carbocycles. The van der Waals surface area contributed by atoms with Gasteiger partial charge in [0, 0.05) is 25.7 Å². The summed E-state index contributed by atoms with van der Waals surface area (Å²) in [6.45, 7) is 9.08. The molecule has 92 valence electrons. The second-order valence-corrected chi connectivity index (χ2v) is 4.67. The molecule has 1 rings (SSSR count). The third-order valence-electron chi connectivity index (χ3n) is 2.45. The molecule has 4 nitrogen and oxygen atoms in total. The van der Waals surface area contributed by atoms with Crippen LogP contribution in [0.1, 0.15) is 31.7 Å². The number of likely N-dealkylation sites (N-methyl/N-ethyl adjacent to an activating group) is 1. The average Bonchev–Trinajstić information content (AvgIpc) is 2.45. The number of rotatable bonds is 6. The first kappa shape index (κ1) is 13.2. The molecule has 0 aromatic carbocycles. The first-order chi connectivity index (χ1) is 7.52. The minimum atomic E-state index is 0.216. The quantitative estimate of drug-likeness (QED) is 0.794. The summed E-state index contributed by atoms with van der Waals surface area (Å²) in [5.41, 5.74) is 8.16. The fraction of sp³-hybridized carbons (Fsp3) is 0.750. The summed E-state index contributed by atoms with van der Waals surface area (Å²) < 4.78 is 2.10. The van der Waals surface area contributed by atoms with E-state index in [1.165, 1.54) is 5.69 Å². The maximum Gasteiger partial charge on any atom is 0.0597 e. The molecule has 4 heteroatoms. The molecule has 1 heterocycles. The second kappa shape index (κ2) is 6.01. The number of hydrogen-bond donors (Lipinski definition) is 1. The fourth-order valence-electron chi connectivity index (χ4n) is 1.96. The van der Waals surface area contributed by atoms with Crippen LogP contribution >= 0.6 is 0 Å². The molecule has 0 saturated heterocycles. The summed E-state index contributed by atoms with van der Waals surface area (Å²) in [7, 11) is 2.10. The lowest BCUT2D eigenvalue weighted by atomic mass is 10.3. The van der Waals surface area contributed by atoms with E-state index in [0.717, 1.165) is 31.7 Å². The van der Waals surface area contributed by atoms with Crippen molar-refractivity contribution in [3.05, 3.63) is 17.5 Å². The van der Waals surface area contributed by atoms with Crippen LogP contribution in [0.3, 0.4) is 0 Å². The molecule has 16 heavy (non-hydrogen) atoms. The highest BCUT2D eigenvalue weighted by Crippen LogP contribution is 2.07. The van der Waals surface area contributed by atoms with E-state index >= 15 is 0 Å². The summed E-state index contributed by atoms with van der Waals surface area (Å²) in [5, 5.41) is 4.49. The molecule has 1 unspecified atom stereocenters. The van der Waals surface area contributed by atoms with Crippen molar-refractivity contribution >= 4 is 0 Å². The van der Waals surface area contributed by atoms with Crippen molar-refractivity contribution in [2.24, 2.45) is 5.73 Å². The van der Waals surface area contributed by atoms with Gasteiger partial charge in [0.05, 0.1) is 11.4 Å². The largest absolute Gasteiger partial charge is 0.327 e. The molecule has 0 bridgehead atoms. The third kappa shape index (κ3) is 3.94. The Morgan fingerprint density at radius 2 is 2.25 bits per heavy atom. The van der Waals surface area contributed by atoms with Crippen LogP contribution in [0.2, 0.25) is 0 Å². The summed E-state index contributed by atoms with van der Waals surface area (Å²) in [5.74, 6) is 0. The van der Waals surface area contributed by atoms with Crippen LogP contribution in [-0.4, -0.2) is 34.3 Å². The van der Waals surface area contributed by atoms with E-state index in [1.54, 1.807) is 0 Å². The smallest absolute Gasteiger partial charge is 0.0597 e. The first-order valence-corrected chi connectivity index (χ1v) is 6.00. The maximum absolute atomic E-state index is 5.78. The minimum absolute atomic E-state index is 0.216. The molecule has 0 aliphatic rings. The van der Waals surface area contributed by atoms with E-state index in [9.17, 15) is 0 Å². The lowest BCUT2D eigenvalue weighted by molar-refractivity contribution is 0.299. The molecule has 1 aromatic heterocycles. The number of nitrogens with two attached hydrogens (primary N) is 1. The van der Waals surface area contributed by atoms with Crippen LogP contribution in [-0.2, 0) is 13.1 Å². The Labute approximate surface area is 98.4 Å². The minimum Gasteiger partial charge on any atom is -0.327 e. The van der Waals surface area contributed by atoms with Crippen molar-refractivity contribution in [2.75, 3.05) is 13.6 Å². The third-order valence-corrected chi connectivity index (χ3v) is 2.45. The molecule has 2 N–H and O–H groups in total. The summed E-state index contributed by atoms with van der Waals surface area (Å²) in [4.78, 5) is 2.24. The van der Waals surface area contributed by atoms with Gasteiger partial charge in [0.1, 0.15) is 0 Å². The molecule has 0 fully saturated rings. The lowest BCUT2D eigenvalue weighted by Crippen LogP contribution is -2.33. The molecule has 1 aromatic rings. The van der Waals surface area contributed by atoms with Gasteiger partial charge >= 0.3 is 0 Å². The Hall–Kier alpha value is -0.870. The normalized spacial score (nSPS) is 13.4. The standard InChI is InChI=1S/C12H24N4/c1-5-6-16-12(7-11(3)14-16)9-15(4)8-10(2)13/h7,10H,5-6,8-9,13H2,1-4H3. The van der Waals surface area contributed by atoms with Gasteiger partial charge in [-0.05, 0) is 33.4 Å². The van der Waals surface area contributed by atoms with Gasteiger partial charge < -0.3 is 5.73 Å². The van der Waals surface area contributed by atoms with Crippen LogP contribution < -0.4 is 5.73 Å². The zero-order valence-electron chi connectivity index (χ0n) is 10.9. The van der Waals surface area contributed by atoms with Gasteiger partial charge in [-0.15, -0.1) is 0 Å². The van der Waals surface area contributed by atoms with Crippen molar-refractivity contribution in [1.82, 2.24) is 14.7 Å². The van der Waals surface area contributed by atoms with Crippen LogP contribution in [0, 0.1) is 6.92 Å². The van der Waals surface area contributed by atoms with Gasteiger partial charge in [-0.3, -0.25) is 9.58 Å². The van der Waals surface area contributed by atoms with E-state index in [2.05, 4.69) is 34.7 Å². The summed E-state index contributed by atoms with van der Waals surface area (Å²) in [6, 6.07) is 2.38. The predicted octanol–water partition coefficient (Wildman–Crippen LogP) is 1.38. The van der Waals surface area contributed by atoms with Crippen LogP contribution in [0.15, 0.2) is 6.07 Å². The molecule has 0 amide bonds. The zero-order valence-corrected chi connectivity index (χ0v) is 10.9. The van der Waals surface area contributed by atoms with Gasteiger partial charge in [0.15, 0.2) is 0 Å². The predicted molar refractivity (Wildman–Crippen MR) is 67.2 cm³/mol. The maximum atomic E-state index is 5.78. The average molecular weight is 224 g/mol. The van der Waals surface area contributed by atoms with E-state index in [0.29, 0.717) is 0 Å². The van der Waals surface area contributed by atoms with Crippen molar-refractivity contribution in [3.8, 4) is 0 Å². The Balaban J connectivity index is 2.64. The van der Waals surface area contributed by atoms with Crippen molar-refractivity contribution in [1.29, 1.82) is 0 Å². The van der Waals surface area contributed by atoms with Crippen LogP contribution in [0.4, 0.5) is 0 Å². The molecule has 1 atom stereocenters. The Bertz CT molecular complexity index is 317. The van der Waals surface area contributed by atoms with Crippen molar-refractivity contribution < 1.29 is 0 Å². The highest BCUT2D eigenvalue weighted by Gasteiger charge is 2.08. The van der Waals surface area contributed by atoms with E-state index in [-0.39, 0.29) is 6.04 Å². The van der Waals surface area contributed by atoms with Gasteiger partial charge in [-0.2, -0.15) is 5.10 Å². The van der Waals surface area contributed by atoms with Crippen molar-refractivity contribution in [3.63, 3.8) is 0 Å². The highest BCUT2D eigenvalue weighted by atomic mass is 15.3. The van der Waals surface area contributed by atoms with E-state index in [4.69, 9.17) is 5.73 Å². The molecular formula is C12H24N4. The Morgan fingerprint density at radius 3 is 2.81 bits per heavy atom. The zero-order chi connectivity index (χ0) is 12.1. The summed E-state index contributed by atoms with van der Waals surface area (Å²) >= 11 is 0. The first-order valence-electron chi connectivity index (χ1n) is 6.00. The molecule has 0 spiro atoms. The van der Waals surface area contributed by atoms with Gasteiger partial charge in [0.2, 0.25) is 0 Å². The summed E-state index contributed by atoms with van der Waals surface area (Å²) in [6.07, 6.45) is 1.12. The van der Waals surface area contributed by atoms with Crippen molar-refractivity contribution in [2.45, 2.75) is 46.3 Å². The lowest BCUT2D eigenvalue weighted by Gasteiger charge is -2.19. The van der Waals surface area contributed by atoms with E-state index in [1.807, 2.05) is 13.8 Å². The number of aromatic nitrogens is 2. The number of hydrogen-bond acceptors (Lipinski definition) is 3. The molecule has 0 aliphatic heterocycles. The Morgan fingerprint density at radius 1 is 1.56 bits per heavy atom. The number of nitrogens with zero attached hydrogens (tertiary/aromatic N) is 3. The Kier molecular flexibility index (Phi) is 4.96. The number of aryl methyl sites for hydroxylation is 2. The fourth-order valence-corrected chi connectivity index (χ4v) is 1.96. The molecule has 0 saturated carbocycles. The van der Waals surface area contributed by atoms with E-state index < -0.39 is 0 Å². The van der Waals surface area contributed by atoms with Gasteiger partial charge in [-0.1, -0.05) is 6.92 Å². The topological polar surface area (TPSA) is 47.1 Å². The van der Waals surface area contributed by atoms with Gasteiger partial charge in [0.25, 0.3) is 0 Å². The van der Waals surface area contributed by atoms with Gasteiger partial charge in [-0.25, -0.2) is 0 Å². The monoisotopic (exact) mass is 224 g/mol. The second-order valence-electron chi connectivity index (χ2n) is 4.67.